The quantitative estimate of drug-likeness (QED) is 0.546. The first-order chi connectivity index (χ1) is 12.9. The maximum absolute atomic E-state index is 12.2. The number of nitrogens with zero attached hydrogens (tertiary/aromatic N) is 1. The third-order valence-electron chi connectivity index (χ3n) is 4.93. The highest BCUT2D eigenvalue weighted by atomic mass is 16.4. The van der Waals surface area contributed by atoms with Crippen molar-refractivity contribution in [2.75, 3.05) is 6.54 Å². The summed E-state index contributed by atoms with van der Waals surface area (Å²) in [6.07, 6.45) is 5.71. The zero-order valence-electron chi connectivity index (χ0n) is 15.9. The van der Waals surface area contributed by atoms with E-state index in [1.54, 1.807) is 37.3 Å². The van der Waals surface area contributed by atoms with Gasteiger partial charge in [-0.3, -0.25) is 4.79 Å². The van der Waals surface area contributed by atoms with Crippen LogP contribution in [0.15, 0.2) is 36.4 Å². The molecule has 27 heavy (non-hydrogen) atoms. The van der Waals surface area contributed by atoms with Crippen molar-refractivity contribution in [1.82, 2.24) is 4.90 Å². The number of carboxylic acid groups (broad SMARTS) is 1. The van der Waals surface area contributed by atoms with Crippen LogP contribution in [0.25, 0.3) is 0 Å². The summed E-state index contributed by atoms with van der Waals surface area (Å²) in [4.78, 5) is 25.0. The van der Waals surface area contributed by atoms with E-state index in [2.05, 4.69) is 11.8 Å². The van der Waals surface area contributed by atoms with Crippen LogP contribution in [0.2, 0.25) is 0 Å². The molecule has 0 aliphatic carbocycles. The van der Waals surface area contributed by atoms with Gasteiger partial charge < -0.3 is 15.1 Å². The van der Waals surface area contributed by atoms with Crippen molar-refractivity contribution in [3.63, 3.8) is 0 Å². The molecular weight excluding hydrogens is 342 g/mol. The highest BCUT2D eigenvalue weighted by Gasteiger charge is 2.28. The van der Waals surface area contributed by atoms with E-state index in [4.69, 9.17) is 5.11 Å². The first-order valence-corrected chi connectivity index (χ1v) is 9.30. The number of carbonyl (C=O) groups is 2. The topological polar surface area (TPSA) is 77.8 Å². The van der Waals surface area contributed by atoms with Gasteiger partial charge in [0.15, 0.2) is 0 Å². The predicted octanol–water partition coefficient (Wildman–Crippen LogP) is 2.88. The average Bonchev–Trinajstić information content (AvgIpc) is 3.02. The van der Waals surface area contributed by atoms with Gasteiger partial charge in [-0.25, -0.2) is 4.79 Å². The van der Waals surface area contributed by atoms with Crippen molar-refractivity contribution in [3.05, 3.63) is 47.5 Å². The van der Waals surface area contributed by atoms with Crippen LogP contribution in [0.5, 0.6) is 0 Å². The fourth-order valence-electron chi connectivity index (χ4n) is 3.13. The van der Waals surface area contributed by atoms with Crippen LogP contribution in [0.4, 0.5) is 0 Å². The maximum Gasteiger partial charge on any atom is 0.335 e. The van der Waals surface area contributed by atoms with Crippen LogP contribution in [0.1, 0.15) is 49.0 Å². The van der Waals surface area contributed by atoms with Crippen LogP contribution < -0.4 is 0 Å². The monoisotopic (exact) mass is 369 g/mol. The Labute approximate surface area is 160 Å². The number of rotatable bonds is 8. The molecule has 0 bridgehead atoms. The molecule has 3 atom stereocenters. The number of amides is 1. The van der Waals surface area contributed by atoms with Crippen molar-refractivity contribution < 1.29 is 19.8 Å². The van der Waals surface area contributed by atoms with Crippen LogP contribution in [0, 0.1) is 17.8 Å². The largest absolute Gasteiger partial charge is 0.478 e. The van der Waals surface area contributed by atoms with Gasteiger partial charge in [0.05, 0.1) is 17.7 Å². The molecule has 1 unspecified atom stereocenters. The van der Waals surface area contributed by atoms with E-state index in [1.807, 2.05) is 17.9 Å². The van der Waals surface area contributed by atoms with Gasteiger partial charge in [0.2, 0.25) is 5.91 Å². The van der Waals surface area contributed by atoms with E-state index < -0.39 is 12.1 Å². The molecule has 1 aromatic carbocycles. The van der Waals surface area contributed by atoms with Gasteiger partial charge in [-0.05, 0) is 43.4 Å². The summed E-state index contributed by atoms with van der Waals surface area (Å²) in [5.41, 5.74) is 1.25. The molecule has 0 spiro atoms. The molecule has 1 amide bonds. The lowest BCUT2D eigenvalue weighted by Crippen LogP contribution is -2.34. The molecule has 1 aliphatic heterocycles. The number of aliphatic hydroxyl groups is 1. The van der Waals surface area contributed by atoms with Gasteiger partial charge in [0.25, 0.3) is 0 Å². The molecule has 2 rings (SSSR count). The Morgan fingerprint density at radius 2 is 2.07 bits per heavy atom. The summed E-state index contributed by atoms with van der Waals surface area (Å²) < 4.78 is 0. The van der Waals surface area contributed by atoms with Gasteiger partial charge in [0, 0.05) is 19.4 Å². The van der Waals surface area contributed by atoms with Gasteiger partial charge in [0.1, 0.15) is 0 Å². The smallest absolute Gasteiger partial charge is 0.335 e. The number of hydrogen-bond acceptors (Lipinski definition) is 3. The zero-order valence-corrected chi connectivity index (χ0v) is 15.9. The summed E-state index contributed by atoms with van der Waals surface area (Å²) >= 11 is 0. The van der Waals surface area contributed by atoms with Gasteiger partial charge >= 0.3 is 5.97 Å². The summed E-state index contributed by atoms with van der Waals surface area (Å²) in [6.45, 7) is 4.32. The van der Waals surface area contributed by atoms with Crippen molar-refractivity contribution in [2.24, 2.45) is 5.92 Å². The van der Waals surface area contributed by atoms with E-state index in [-0.39, 0.29) is 23.4 Å². The molecular formula is C22H27NO4. The maximum atomic E-state index is 12.2. The molecule has 5 nitrogen and oxygen atoms in total. The molecule has 0 radical (unpaired) electrons. The highest BCUT2D eigenvalue weighted by Crippen LogP contribution is 2.21. The summed E-state index contributed by atoms with van der Waals surface area (Å²) in [5, 5.41) is 19.2. The normalized spacial score (nSPS) is 19.0. The lowest BCUT2D eigenvalue weighted by molar-refractivity contribution is -0.128. The van der Waals surface area contributed by atoms with Crippen molar-refractivity contribution in [3.8, 4) is 11.8 Å². The Balaban J connectivity index is 1.93. The summed E-state index contributed by atoms with van der Waals surface area (Å²) in [6, 6.07) is 6.73. The number of carboxylic acids is 1. The fourth-order valence-corrected chi connectivity index (χ4v) is 3.13. The number of carbonyl (C=O) groups excluding carboxylic acids is 1. The van der Waals surface area contributed by atoms with Crippen molar-refractivity contribution in [1.29, 1.82) is 0 Å². The molecule has 1 heterocycles. The van der Waals surface area contributed by atoms with Gasteiger partial charge in [-0.15, -0.1) is 11.8 Å². The first kappa shape index (κ1) is 20.7. The van der Waals surface area contributed by atoms with Gasteiger partial charge in [-0.2, -0.15) is 0 Å². The lowest BCUT2D eigenvalue weighted by Gasteiger charge is -2.23. The van der Waals surface area contributed by atoms with Crippen molar-refractivity contribution >= 4 is 11.9 Å². The van der Waals surface area contributed by atoms with E-state index in [9.17, 15) is 14.7 Å². The molecule has 144 valence electrons. The Bertz CT molecular complexity index is 742. The molecule has 2 N–H and O–H groups in total. The van der Waals surface area contributed by atoms with E-state index in [0.29, 0.717) is 25.8 Å². The minimum atomic E-state index is -0.945. The van der Waals surface area contributed by atoms with Crippen LogP contribution in [-0.4, -0.2) is 45.7 Å². The molecule has 0 aromatic heterocycles. The Kier molecular flexibility index (Phi) is 7.63. The van der Waals surface area contributed by atoms with Crippen LogP contribution in [-0.2, 0) is 11.2 Å². The molecule has 5 heteroatoms. The second kappa shape index (κ2) is 9.94. The Morgan fingerprint density at radius 1 is 1.37 bits per heavy atom. The highest BCUT2D eigenvalue weighted by molar-refractivity contribution is 5.87. The predicted molar refractivity (Wildman–Crippen MR) is 104 cm³/mol. The molecule has 1 aromatic rings. The summed E-state index contributed by atoms with van der Waals surface area (Å²) in [7, 11) is 0. The number of aliphatic hydroxyl groups excluding tert-OH is 1. The average molecular weight is 369 g/mol. The molecule has 1 saturated heterocycles. The van der Waals surface area contributed by atoms with Gasteiger partial charge in [-0.1, -0.05) is 31.2 Å². The molecule has 1 aliphatic rings. The fraction of sp³-hybridized carbons (Fsp3) is 0.455. The standard InChI is InChI=1S/C22H27NO4/c1-3-4-5-16(2)20(24)12-10-19-11-13-21(25)23(19)15-14-17-6-8-18(9-7-17)22(26)27/h6-10,12,16,19-20,24H,5,11,13-15H2,1-2H3,(H,26,27)/b12-10+/t16?,19-,20+/m0/s1. The minimum absolute atomic E-state index is 0.00472. The van der Waals surface area contributed by atoms with E-state index in [0.717, 1.165) is 12.0 Å². The SMILES string of the molecule is CC#CCC(C)[C@H](O)/C=C/[C@H]1CCC(=O)N1CCc1ccc(C(=O)O)cc1. The minimum Gasteiger partial charge on any atom is -0.478 e. The first-order valence-electron chi connectivity index (χ1n) is 9.30. The Morgan fingerprint density at radius 3 is 2.70 bits per heavy atom. The molecule has 0 saturated carbocycles. The number of benzene rings is 1. The van der Waals surface area contributed by atoms with Crippen LogP contribution >= 0.6 is 0 Å². The number of likely N-dealkylation sites (tertiary alicyclic amines) is 1. The number of aromatic carboxylic acids is 1. The Hall–Kier alpha value is -2.58. The van der Waals surface area contributed by atoms with E-state index >= 15 is 0 Å². The lowest BCUT2D eigenvalue weighted by atomic mass is 10.00. The molecule has 1 fully saturated rings. The number of hydrogen-bond donors (Lipinski definition) is 2. The second-order valence-corrected chi connectivity index (χ2v) is 6.93. The van der Waals surface area contributed by atoms with Crippen molar-refractivity contribution in [2.45, 2.75) is 51.7 Å². The third-order valence-corrected chi connectivity index (χ3v) is 4.93. The summed E-state index contributed by atoms with van der Waals surface area (Å²) in [5.74, 6) is 5.03. The zero-order chi connectivity index (χ0) is 19.8. The van der Waals surface area contributed by atoms with E-state index in [1.165, 1.54) is 0 Å². The van der Waals surface area contributed by atoms with Crippen LogP contribution in [0.3, 0.4) is 0 Å². The third kappa shape index (κ3) is 5.97. The second-order valence-electron chi connectivity index (χ2n) is 6.93.